The van der Waals surface area contributed by atoms with E-state index in [1.54, 1.807) is 31.4 Å². The zero-order valence-electron chi connectivity index (χ0n) is 19.9. The lowest BCUT2D eigenvalue weighted by Crippen LogP contribution is -2.45. The molecule has 0 aromatic heterocycles. The van der Waals surface area contributed by atoms with Gasteiger partial charge in [-0.1, -0.05) is 30.7 Å². The van der Waals surface area contributed by atoms with Crippen molar-refractivity contribution in [3.8, 4) is 5.75 Å². The number of benzene rings is 2. The predicted molar refractivity (Wildman–Crippen MR) is 132 cm³/mol. The summed E-state index contributed by atoms with van der Waals surface area (Å²) in [5.74, 6) is 0.168. The second kappa shape index (κ2) is 11.3. The van der Waals surface area contributed by atoms with Gasteiger partial charge in [0.2, 0.25) is 15.9 Å². The van der Waals surface area contributed by atoms with Gasteiger partial charge in [0.1, 0.15) is 5.75 Å². The van der Waals surface area contributed by atoms with Crippen molar-refractivity contribution in [2.75, 3.05) is 33.3 Å². The number of hydrogen-bond donors (Lipinski definition) is 1. The Kier molecular flexibility index (Phi) is 8.24. The van der Waals surface area contributed by atoms with E-state index in [0.717, 1.165) is 12.1 Å². The number of hydrogen-bond acceptors (Lipinski definition) is 5. The SMILES string of the molecule is COc1ccc(S(=O)(=O)N2CCCC(C(=O)NCc3ccc(CN4CCCCC4)cc3)C2)cc1. The normalized spacial score (nSPS) is 20.1. The summed E-state index contributed by atoms with van der Waals surface area (Å²) >= 11 is 0. The van der Waals surface area contributed by atoms with E-state index in [0.29, 0.717) is 31.7 Å². The molecule has 2 aliphatic heterocycles. The van der Waals surface area contributed by atoms with E-state index in [9.17, 15) is 13.2 Å². The molecule has 1 atom stereocenters. The lowest BCUT2D eigenvalue weighted by molar-refractivity contribution is -0.126. The number of rotatable bonds is 8. The highest BCUT2D eigenvalue weighted by atomic mass is 32.2. The Balaban J connectivity index is 1.29. The van der Waals surface area contributed by atoms with Crippen LogP contribution in [0, 0.1) is 5.92 Å². The van der Waals surface area contributed by atoms with E-state index in [-0.39, 0.29) is 23.3 Å². The summed E-state index contributed by atoms with van der Waals surface area (Å²) in [4.78, 5) is 15.6. The maximum Gasteiger partial charge on any atom is 0.243 e. The van der Waals surface area contributed by atoms with Crippen molar-refractivity contribution in [1.29, 1.82) is 0 Å². The third kappa shape index (κ3) is 6.17. The summed E-state index contributed by atoms with van der Waals surface area (Å²) in [6.45, 7) is 4.40. The highest BCUT2D eigenvalue weighted by molar-refractivity contribution is 7.89. The predicted octanol–water partition coefficient (Wildman–Crippen LogP) is 3.40. The van der Waals surface area contributed by atoms with Gasteiger partial charge in [-0.2, -0.15) is 4.31 Å². The molecule has 2 aliphatic rings. The number of sulfonamides is 1. The average molecular weight is 486 g/mol. The molecule has 184 valence electrons. The van der Waals surface area contributed by atoms with Crippen LogP contribution in [0.2, 0.25) is 0 Å². The fourth-order valence-electron chi connectivity index (χ4n) is 4.74. The summed E-state index contributed by atoms with van der Waals surface area (Å²) in [5.41, 5.74) is 2.35. The van der Waals surface area contributed by atoms with Crippen molar-refractivity contribution in [1.82, 2.24) is 14.5 Å². The number of carbonyl (C=O) groups excluding carboxylic acids is 1. The summed E-state index contributed by atoms with van der Waals surface area (Å²) in [6.07, 6.45) is 5.25. The first kappa shape index (κ1) is 24.7. The molecule has 2 heterocycles. The molecule has 0 aliphatic carbocycles. The van der Waals surface area contributed by atoms with Crippen molar-refractivity contribution in [3.63, 3.8) is 0 Å². The van der Waals surface area contributed by atoms with Gasteiger partial charge in [0, 0.05) is 26.2 Å². The quantitative estimate of drug-likeness (QED) is 0.620. The van der Waals surface area contributed by atoms with E-state index < -0.39 is 10.0 Å². The summed E-state index contributed by atoms with van der Waals surface area (Å²) < 4.78 is 32.7. The molecule has 4 rings (SSSR count). The van der Waals surface area contributed by atoms with Gasteiger partial charge >= 0.3 is 0 Å². The van der Waals surface area contributed by atoms with Crippen LogP contribution in [0.3, 0.4) is 0 Å². The average Bonchev–Trinajstić information content (AvgIpc) is 2.89. The maximum absolute atomic E-state index is 13.1. The van der Waals surface area contributed by atoms with E-state index in [1.165, 1.54) is 42.2 Å². The van der Waals surface area contributed by atoms with Crippen LogP contribution >= 0.6 is 0 Å². The number of piperidine rings is 2. The highest BCUT2D eigenvalue weighted by Gasteiger charge is 2.33. The molecule has 2 fully saturated rings. The van der Waals surface area contributed by atoms with Crippen LogP contribution in [0.25, 0.3) is 0 Å². The molecule has 7 nitrogen and oxygen atoms in total. The van der Waals surface area contributed by atoms with E-state index >= 15 is 0 Å². The molecule has 0 radical (unpaired) electrons. The molecule has 2 aromatic rings. The topological polar surface area (TPSA) is 79.0 Å². The molecule has 0 bridgehead atoms. The van der Waals surface area contributed by atoms with Crippen LogP contribution < -0.4 is 10.1 Å². The molecule has 0 spiro atoms. The van der Waals surface area contributed by atoms with Crippen LogP contribution in [0.5, 0.6) is 5.75 Å². The molecule has 8 heteroatoms. The minimum Gasteiger partial charge on any atom is -0.497 e. The minimum absolute atomic E-state index is 0.0907. The molecule has 2 aromatic carbocycles. The number of nitrogens with zero attached hydrogens (tertiary/aromatic N) is 2. The van der Waals surface area contributed by atoms with Crippen LogP contribution in [-0.4, -0.2) is 56.8 Å². The molecular weight excluding hydrogens is 450 g/mol. The second-order valence-electron chi connectivity index (χ2n) is 9.25. The molecule has 1 N–H and O–H groups in total. The number of ether oxygens (including phenoxy) is 1. The Hall–Kier alpha value is -2.42. The van der Waals surface area contributed by atoms with E-state index in [2.05, 4.69) is 34.5 Å². The van der Waals surface area contributed by atoms with Gasteiger partial charge in [-0.15, -0.1) is 0 Å². The number of carbonyl (C=O) groups is 1. The first-order chi connectivity index (χ1) is 16.5. The van der Waals surface area contributed by atoms with Crippen LogP contribution in [0.15, 0.2) is 53.4 Å². The summed E-state index contributed by atoms with van der Waals surface area (Å²) in [6, 6.07) is 14.8. The van der Waals surface area contributed by atoms with Gasteiger partial charge in [-0.3, -0.25) is 9.69 Å². The Bertz CT molecular complexity index is 1050. The number of likely N-dealkylation sites (tertiary alicyclic amines) is 1. The van der Waals surface area contributed by atoms with Crippen LogP contribution in [0.4, 0.5) is 0 Å². The zero-order valence-corrected chi connectivity index (χ0v) is 20.7. The lowest BCUT2D eigenvalue weighted by atomic mass is 9.98. The van der Waals surface area contributed by atoms with Gasteiger partial charge in [0.05, 0.1) is 17.9 Å². The molecule has 1 unspecified atom stereocenters. The second-order valence-corrected chi connectivity index (χ2v) is 11.2. The zero-order chi connectivity index (χ0) is 24.0. The third-order valence-electron chi connectivity index (χ3n) is 6.80. The molecule has 2 saturated heterocycles. The van der Waals surface area contributed by atoms with Gasteiger partial charge in [0.15, 0.2) is 0 Å². The first-order valence-corrected chi connectivity index (χ1v) is 13.6. The standard InChI is InChI=1S/C26H35N3O4S/c1-33-24-11-13-25(14-12-24)34(31,32)29-17-5-6-23(20-29)26(30)27-18-21-7-9-22(10-8-21)19-28-15-3-2-4-16-28/h7-14,23H,2-6,15-20H2,1H3,(H,27,30). The summed E-state index contributed by atoms with van der Waals surface area (Å²) in [5, 5.41) is 3.01. The number of nitrogens with one attached hydrogen (secondary N) is 1. The van der Waals surface area contributed by atoms with Crippen molar-refractivity contribution >= 4 is 15.9 Å². The smallest absolute Gasteiger partial charge is 0.243 e. The van der Waals surface area contributed by atoms with E-state index in [1.807, 2.05) is 0 Å². The highest BCUT2D eigenvalue weighted by Crippen LogP contribution is 2.25. The van der Waals surface area contributed by atoms with Crippen molar-refractivity contribution < 1.29 is 17.9 Å². The minimum atomic E-state index is -3.64. The van der Waals surface area contributed by atoms with Gasteiger partial charge < -0.3 is 10.1 Å². The van der Waals surface area contributed by atoms with Crippen molar-refractivity contribution in [2.24, 2.45) is 5.92 Å². The number of amides is 1. The van der Waals surface area contributed by atoms with Crippen molar-refractivity contribution in [2.45, 2.75) is 50.1 Å². The monoisotopic (exact) mass is 485 g/mol. The summed E-state index contributed by atoms with van der Waals surface area (Å²) in [7, 11) is -2.10. The Labute approximate surface area is 203 Å². The Morgan fingerprint density at radius 1 is 0.941 bits per heavy atom. The van der Waals surface area contributed by atoms with Crippen LogP contribution in [0.1, 0.15) is 43.2 Å². The molecule has 1 amide bonds. The fraction of sp³-hybridized carbons (Fsp3) is 0.500. The molecule has 0 saturated carbocycles. The van der Waals surface area contributed by atoms with Gasteiger partial charge in [-0.25, -0.2) is 8.42 Å². The fourth-order valence-corrected chi connectivity index (χ4v) is 6.27. The van der Waals surface area contributed by atoms with E-state index in [4.69, 9.17) is 4.74 Å². The lowest BCUT2D eigenvalue weighted by Gasteiger charge is -2.31. The third-order valence-corrected chi connectivity index (χ3v) is 8.68. The van der Waals surface area contributed by atoms with Gasteiger partial charge in [0.25, 0.3) is 0 Å². The van der Waals surface area contributed by atoms with Gasteiger partial charge in [-0.05, 0) is 74.2 Å². The Morgan fingerprint density at radius 3 is 2.29 bits per heavy atom. The molecule has 34 heavy (non-hydrogen) atoms. The Morgan fingerprint density at radius 2 is 1.62 bits per heavy atom. The van der Waals surface area contributed by atoms with Crippen LogP contribution in [-0.2, 0) is 27.9 Å². The maximum atomic E-state index is 13.1. The largest absolute Gasteiger partial charge is 0.497 e. The first-order valence-electron chi connectivity index (χ1n) is 12.2. The number of methoxy groups -OCH3 is 1. The van der Waals surface area contributed by atoms with Crippen molar-refractivity contribution in [3.05, 3.63) is 59.7 Å². The molecular formula is C26H35N3O4S.